The Morgan fingerprint density at radius 3 is 2.48 bits per heavy atom. The monoisotopic (exact) mass is 356 g/mol. The van der Waals surface area contributed by atoms with E-state index < -0.39 is 5.60 Å². The smallest absolute Gasteiger partial charge is 0.410 e. The second-order valence-electron chi connectivity index (χ2n) is 6.17. The van der Waals surface area contributed by atoms with E-state index in [0.717, 1.165) is 4.47 Å². The van der Waals surface area contributed by atoms with Crippen LogP contribution in [-0.2, 0) is 4.74 Å². The molecule has 0 bridgehead atoms. The lowest BCUT2D eigenvalue weighted by Crippen LogP contribution is -2.55. The quantitative estimate of drug-likeness (QED) is 0.774. The Bertz CT molecular complexity index is 501. The molecular formula is C14H21BrN4O2. The molecule has 0 spiro atoms. The zero-order valence-electron chi connectivity index (χ0n) is 12.8. The van der Waals surface area contributed by atoms with Crippen molar-refractivity contribution in [3.63, 3.8) is 0 Å². The molecule has 0 aromatic carbocycles. The highest BCUT2D eigenvalue weighted by Crippen LogP contribution is 2.19. The summed E-state index contributed by atoms with van der Waals surface area (Å²) in [5.74, 6) is 0.689. The molecule has 6 nitrogen and oxygen atoms in total. The summed E-state index contributed by atoms with van der Waals surface area (Å²) in [6, 6.07) is 0.146. The molecule has 2 heterocycles. The molecule has 21 heavy (non-hydrogen) atoms. The third-order valence-electron chi connectivity index (χ3n) is 3.14. The highest BCUT2D eigenvalue weighted by molar-refractivity contribution is 9.10. The van der Waals surface area contributed by atoms with Gasteiger partial charge < -0.3 is 14.5 Å². The maximum absolute atomic E-state index is 12.1. The molecule has 1 fully saturated rings. The molecule has 1 aromatic rings. The van der Waals surface area contributed by atoms with Crippen LogP contribution in [0.4, 0.5) is 10.7 Å². The average Bonchev–Trinajstić information content (AvgIpc) is 2.38. The van der Waals surface area contributed by atoms with Gasteiger partial charge >= 0.3 is 6.09 Å². The number of hydrogen-bond donors (Lipinski definition) is 0. The fourth-order valence-corrected chi connectivity index (χ4v) is 2.41. The van der Waals surface area contributed by atoms with E-state index in [2.05, 4.69) is 37.7 Å². The van der Waals surface area contributed by atoms with Crippen molar-refractivity contribution in [3.8, 4) is 0 Å². The van der Waals surface area contributed by atoms with Gasteiger partial charge in [-0.1, -0.05) is 0 Å². The van der Waals surface area contributed by atoms with Gasteiger partial charge in [0.2, 0.25) is 5.95 Å². The fourth-order valence-electron chi connectivity index (χ4n) is 2.20. The first-order valence-electron chi connectivity index (χ1n) is 6.98. The summed E-state index contributed by atoms with van der Waals surface area (Å²) >= 11 is 3.33. The number of ether oxygens (including phenoxy) is 1. The van der Waals surface area contributed by atoms with Gasteiger partial charge in [-0.3, -0.25) is 0 Å². The highest BCUT2D eigenvalue weighted by atomic mass is 79.9. The minimum Gasteiger partial charge on any atom is -0.444 e. The van der Waals surface area contributed by atoms with Crippen LogP contribution >= 0.6 is 15.9 Å². The SMILES string of the molecule is CC1CN(C(=O)OC(C)(C)C)CCN1c1ncc(Br)cn1. The number of carbonyl (C=O) groups excluding carboxylic acids is 1. The van der Waals surface area contributed by atoms with E-state index in [1.54, 1.807) is 17.3 Å². The third-order valence-corrected chi connectivity index (χ3v) is 3.55. The minimum absolute atomic E-state index is 0.146. The van der Waals surface area contributed by atoms with Gasteiger partial charge in [0.05, 0.1) is 4.47 Å². The Morgan fingerprint density at radius 2 is 1.95 bits per heavy atom. The summed E-state index contributed by atoms with van der Waals surface area (Å²) in [7, 11) is 0. The van der Waals surface area contributed by atoms with E-state index in [9.17, 15) is 4.79 Å². The third kappa shape index (κ3) is 4.30. The van der Waals surface area contributed by atoms with Crippen molar-refractivity contribution in [3.05, 3.63) is 16.9 Å². The topological polar surface area (TPSA) is 58.6 Å². The predicted octanol–water partition coefficient (Wildman–Crippen LogP) is 2.68. The maximum Gasteiger partial charge on any atom is 0.410 e. The number of aromatic nitrogens is 2. The second kappa shape index (κ2) is 6.17. The number of nitrogens with zero attached hydrogens (tertiary/aromatic N) is 4. The molecule has 1 atom stereocenters. The van der Waals surface area contributed by atoms with Crippen molar-refractivity contribution in [2.75, 3.05) is 24.5 Å². The fraction of sp³-hybridized carbons (Fsp3) is 0.643. The molecule has 1 aromatic heterocycles. The van der Waals surface area contributed by atoms with Crippen LogP contribution in [0, 0.1) is 0 Å². The Hall–Kier alpha value is -1.37. The first-order chi connectivity index (χ1) is 9.76. The molecule has 7 heteroatoms. The molecule has 0 radical (unpaired) electrons. The van der Waals surface area contributed by atoms with E-state index in [1.165, 1.54) is 0 Å². The van der Waals surface area contributed by atoms with Gasteiger partial charge in [-0.2, -0.15) is 0 Å². The zero-order chi connectivity index (χ0) is 15.6. The van der Waals surface area contributed by atoms with E-state index in [0.29, 0.717) is 25.6 Å². The number of hydrogen-bond acceptors (Lipinski definition) is 5. The van der Waals surface area contributed by atoms with E-state index in [-0.39, 0.29) is 12.1 Å². The van der Waals surface area contributed by atoms with E-state index >= 15 is 0 Å². The highest BCUT2D eigenvalue weighted by Gasteiger charge is 2.30. The standard InChI is InChI=1S/C14H21BrN4O2/c1-10-9-18(13(20)21-14(2,3)4)5-6-19(10)12-16-7-11(15)8-17-12/h7-8,10H,5-6,9H2,1-4H3. The van der Waals surface area contributed by atoms with Crippen molar-refractivity contribution >= 4 is 28.0 Å². The summed E-state index contributed by atoms with van der Waals surface area (Å²) in [5, 5.41) is 0. The second-order valence-corrected chi connectivity index (χ2v) is 7.09. The zero-order valence-corrected chi connectivity index (χ0v) is 14.4. The van der Waals surface area contributed by atoms with E-state index in [4.69, 9.17) is 4.74 Å². The summed E-state index contributed by atoms with van der Waals surface area (Å²) in [6.45, 7) is 9.59. The number of piperazine rings is 1. The van der Waals surface area contributed by atoms with Crippen LogP contribution in [0.2, 0.25) is 0 Å². The molecule has 1 saturated heterocycles. The maximum atomic E-state index is 12.1. The van der Waals surface area contributed by atoms with Crippen molar-refractivity contribution in [1.82, 2.24) is 14.9 Å². The number of halogens is 1. The molecule has 1 amide bonds. The molecular weight excluding hydrogens is 336 g/mol. The largest absolute Gasteiger partial charge is 0.444 e. The van der Waals surface area contributed by atoms with Crippen LogP contribution in [0.3, 0.4) is 0 Å². The minimum atomic E-state index is -0.466. The number of carbonyl (C=O) groups is 1. The normalized spacial score (nSPS) is 19.6. The summed E-state index contributed by atoms with van der Waals surface area (Å²) < 4.78 is 6.27. The van der Waals surface area contributed by atoms with Gasteiger partial charge in [0.15, 0.2) is 0 Å². The number of anilines is 1. The Morgan fingerprint density at radius 1 is 1.33 bits per heavy atom. The first-order valence-corrected chi connectivity index (χ1v) is 7.78. The van der Waals surface area contributed by atoms with Gasteiger partial charge in [-0.25, -0.2) is 14.8 Å². The van der Waals surface area contributed by atoms with Crippen LogP contribution in [-0.4, -0.2) is 52.2 Å². The Kier molecular flexibility index (Phi) is 4.70. The lowest BCUT2D eigenvalue weighted by atomic mass is 10.2. The Balaban J connectivity index is 1.99. The average molecular weight is 357 g/mol. The van der Waals surface area contributed by atoms with Gasteiger partial charge in [0.1, 0.15) is 5.60 Å². The lowest BCUT2D eigenvalue weighted by molar-refractivity contribution is 0.0218. The molecule has 1 aliphatic heterocycles. The molecule has 116 valence electrons. The van der Waals surface area contributed by atoms with Crippen LogP contribution in [0.5, 0.6) is 0 Å². The van der Waals surface area contributed by atoms with Gasteiger partial charge in [-0.15, -0.1) is 0 Å². The molecule has 2 rings (SSSR count). The number of amides is 1. The first kappa shape index (κ1) is 16.0. The summed E-state index contributed by atoms with van der Waals surface area (Å²) in [6.07, 6.45) is 3.20. The van der Waals surface area contributed by atoms with Crippen LogP contribution in [0.1, 0.15) is 27.7 Å². The number of rotatable bonds is 1. The molecule has 1 unspecified atom stereocenters. The summed E-state index contributed by atoms with van der Waals surface area (Å²) in [4.78, 5) is 24.6. The van der Waals surface area contributed by atoms with Crippen molar-refractivity contribution < 1.29 is 9.53 Å². The molecule has 0 saturated carbocycles. The van der Waals surface area contributed by atoms with Crippen LogP contribution < -0.4 is 4.90 Å². The van der Waals surface area contributed by atoms with E-state index in [1.807, 2.05) is 20.8 Å². The predicted molar refractivity (Wildman–Crippen MR) is 84.3 cm³/mol. The summed E-state index contributed by atoms with van der Waals surface area (Å²) in [5.41, 5.74) is -0.466. The van der Waals surface area contributed by atoms with Gasteiger partial charge in [0, 0.05) is 38.1 Å². The Labute approximate surface area is 133 Å². The van der Waals surface area contributed by atoms with Crippen molar-refractivity contribution in [2.24, 2.45) is 0 Å². The van der Waals surface area contributed by atoms with Gasteiger partial charge in [0.25, 0.3) is 0 Å². The van der Waals surface area contributed by atoms with Crippen LogP contribution in [0.25, 0.3) is 0 Å². The van der Waals surface area contributed by atoms with Crippen LogP contribution in [0.15, 0.2) is 16.9 Å². The molecule has 0 aliphatic carbocycles. The molecule has 1 aliphatic rings. The van der Waals surface area contributed by atoms with Gasteiger partial charge in [-0.05, 0) is 43.6 Å². The molecule has 0 N–H and O–H groups in total. The van der Waals surface area contributed by atoms with Crippen molar-refractivity contribution in [1.29, 1.82) is 0 Å². The lowest BCUT2D eigenvalue weighted by Gasteiger charge is -2.40. The van der Waals surface area contributed by atoms with Crippen molar-refractivity contribution in [2.45, 2.75) is 39.3 Å².